The van der Waals surface area contributed by atoms with E-state index in [1.807, 2.05) is 0 Å². The fraction of sp³-hybridized carbons (Fsp3) is 0.750. The average Bonchev–Trinajstić information content (AvgIpc) is 2.16. The van der Waals surface area contributed by atoms with Gasteiger partial charge >= 0.3 is 5.97 Å². The molecular formula is C8H18N4O2. The number of carbonyl (C=O) groups is 1. The summed E-state index contributed by atoms with van der Waals surface area (Å²) in [6.07, 6.45) is 1.41. The molecule has 6 nitrogen and oxygen atoms in total. The molecule has 0 saturated heterocycles. The van der Waals surface area contributed by atoms with Gasteiger partial charge in [0.25, 0.3) is 0 Å². The van der Waals surface area contributed by atoms with E-state index in [2.05, 4.69) is 15.4 Å². The number of nitrogens with one attached hydrogen (secondary N) is 3. The summed E-state index contributed by atoms with van der Waals surface area (Å²) >= 11 is 0. The minimum Gasteiger partial charge on any atom is -0.468 e. The molecule has 6 heteroatoms. The van der Waals surface area contributed by atoms with Crippen molar-refractivity contribution in [3.05, 3.63) is 0 Å². The summed E-state index contributed by atoms with van der Waals surface area (Å²) in [5.41, 5.74) is 5.09. The molecule has 0 amide bonds. The molecule has 0 fully saturated rings. The van der Waals surface area contributed by atoms with Gasteiger partial charge in [0.15, 0.2) is 5.96 Å². The van der Waals surface area contributed by atoms with Gasteiger partial charge in [-0.2, -0.15) is 0 Å². The van der Waals surface area contributed by atoms with E-state index in [9.17, 15) is 4.79 Å². The summed E-state index contributed by atoms with van der Waals surface area (Å²) in [5.74, 6) is -0.320. The lowest BCUT2D eigenvalue weighted by Crippen LogP contribution is -2.36. The molecule has 0 heterocycles. The van der Waals surface area contributed by atoms with Crippen LogP contribution in [0.1, 0.15) is 12.8 Å². The minimum absolute atomic E-state index is 0.0518. The van der Waals surface area contributed by atoms with E-state index < -0.39 is 0 Å². The molecule has 0 aliphatic carbocycles. The van der Waals surface area contributed by atoms with Crippen LogP contribution in [0, 0.1) is 5.41 Å². The molecule has 0 rings (SSSR count). The Bertz CT molecular complexity index is 196. The second-order valence-electron chi connectivity index (χ2n) is 2.85. The summed E-state index contributed by atoms with van der Waals surface area (Å²) < 4.78 is 4.59. The SMILES string of the molecule is CN[C@H](CCCNC(=N)N)C(=O)OC. The maximum absolute atomic E-state index is 11.1. The van der Waals surface area contributed by atoms with Gasteiger partial charge in [0, 0.05) is 6.54 Å². The van der Waals surface area contributed by atoms with Gasteiger partial charge in [0.2, 0.25) is 0 Å². The zero-order valence-electron chi connectivity index (χ0n) is 8.59. The molecule has 82 valence electrons. The van der Waals surface area contributed by atoms with Crippen molar-refractivity contribution in [2.24, 2.45) is 5.73 Å². The Hall–Kier alpha value is -1.30. The number of hydrogen-bond donors (Lipinski definition) is 4. The molecule has 14 heavy (non-hydrogen) atoms. The number of methoxy groups -OCH3 is 1. The molecule has 0 spiro atoms. The third-order valence-electron chi connectivity index (χ3n) is 1.82. The maximum Gasteiger partial charge on any atom is 0.322 e. The van der Waals surface area contributed by atoms with Crippen LogP contribution in [0.5, 0.6) is 0 Å². The molecular weight excluding hydrogens is 184 g/mol. The van der Waals surface area contributed by atoms with E-state index in [4.69, 9.17) is 11.1 Å². The molecule has 5 N–H and O–H groups in total. The molecule has 0 aliphatic rings. The number of rotatable bonds is 6. The molecule has 1 atom stereocenters. The Labute approximate surface area is 83.7 Å². The molecule has 0 unspecified atom stereocenters. The van der Waals surface area contributed by atoms with Crippen molar-refractivity contribution in [1.29, 1.82) is 5.41 Å². The van der Waals surface area contributed by atoms with Crippen LogP contribution >= 0.6 is 0 Å². The van der Waals surface area contributed by atoms with E-state index in [0.29, 0.717) is 13.0 Å². The van der Waals surface area contributed by atoms with E-state index in [1.54, 1.807) is 7.05 Å². The standard InChI is InChI=1S/C8H18N4O2/c1-11-6(7(13)14-2)4-3-5-12-8(9)10/h6,11H,3-5H2,1-2H3,(H4,9,10,12)/t6-/m1/s1. The van der Waals surface area contributed by atoms with Gasteiger partial charge in [0.05, 0.1) is 7.11 Å². The molecule has 0 radical (unpaired) electrons. The molecule has 0 aromatic rings. The largest absolute Gasteiger partial charge is 0.468 e. The number of hydrogen-bond acceptors (Lipinski definition) is 4. The normalized spacial score (nSPS) is 11.9. The smallest absolute Gasteiger partial charge is 0.322 e. The first kappa shape index (κ1) is 12.7. The summed E-state index contributed by atoms with van der Waals surface area (Å²) in [6, 6.07) is -0.284. The van der Waals surface area contributed by atoms with Crippen LogP contribution in [0.2, 0.25) is 0 Å². The molecule has 0 aromatic heterocycles. The third kappa shape index (κ3) is 5.36. The quantitative estimate of drug-likeness (QED) is 0.192. The zero-order valence-corrected chi connectivity index (χ0v) is 8.59. The van der Waals surface area contributed by atoms with Crippen molar-refractivity contribution >= 4 is 11.9 Å². The second-order valence-corrected chi connectivity index (χ2v) is 2.85. The number of guanidine groups is 1. The van der Waals surface area contributed by atoms with Crippen LogP contribution in [-0.2, 0) is 9.53 Å². The summed E-state index contributed by atoms with van der Waals surface area (Å²) in [6.45, 7) is 0.588. The van der Waals surface area contributed by atoms with E-state index >= 15 is 0 Å². The highest BCUT2D eigenvalue weighted by atomic mass is 16.5. The number of nitrogens with two attached hydrogens (primary N) is 1. The van der Waals surface area contributed by atoms with E-state index in [1.165, 1.54) is 7.11 Å². The highest BCUT2D eigenvalue weighted by Gasteiger charge is 2.15. The van der Waals surface area contributed by atoms with Gasteiger partial charge in [-0.15, -0.1) is 0 Å². The Morgan fingerprint density at radius 1 is 1.64 bits per heavy atom. The Morgan fingerprint density at radius 3 is 2.71 bits per heavy atom. The lowest BCUT2D eigenvalue weighted by Gasteiger charge is -2.13. The lowest BCUT2D eigenvalue weighted by atomic mass is 10.1. The summed E-state index contributed by atoms with van der Waals surface area (Å²) in [5, 5.41) is 12.4. The van der Waals surface area contributed by atoms with Gasteiger partial charge in [-0.25, -0.2) is 0 Å². The second kappa shape index (κ2) is 7.14. The van der Waals surface area contributed by atoms with Crippen LogP contribution < -0.4 is 16.4 Å². The van der Waals surface area contributed by atoms with Gasteiger partial charge in [-0.05, 0) is 19.9 Å². The van der Waals surface area contributed by atoms with Crippen molar-refractivity contribution in [2.75, 3.05) is 20.7 Å². The minimum atomic E-state index is -0.284. The predicted octanol–water partition coefficient (Wildman–Crippen LogP) is -0.989. The predicted molar refractivity (Wildman–Crippen MR) is 54.0 cm³/mol. The molecule has 0 aromatic carbocycles. The van der Waals surface area contributed by atoms with Crippen molar-refractivity contribution in [3.8, 4) is 0 Å². The molecule has 0 saturated carbocycles. The van der Waals surface area contributed by atoms with Gasteiger partial charge in [0.1, 0.15) is 6.04 Å². The summed E-state index contributed by atoms with van der Waals surface area (Å²) in [4.78, 5) is 11.1. The van der Waals surface area contributed by atoms with Crippen molar-refractivity contribution in [2.45, 2.75) is 18.9 Å². The van der Waals surface area contributed by atoms with Gasteiger partial charge < -0.3 is 21.1 Å². The Morgan fingerprint density at radius 2 is 2.29 bits per heavy atom. The lowest BCUT2D eigenvalue weighted by molar-refractivity contribution is -0.143. The van der Waals surface area contributed by atoms with Crippen molar-refractivity contribution in [1.82, 2.24) is 10.6 Å². The number of likely N-dealkylation sites (N-methyl/N-ethyl adjacent to an activating group) is 1. The number of ether oxygens (including phenoxy) is 1. The van der Waals surface area contributed by atoms with E-state index in [0.717, 1.165) is 6.42 Å². The molecule has 0 bridgehead atoms. The Balaban J connectivity index is 3.63. The van der Waals surface area contributed by atoms with Crippen LogP contribution in [0.4, 0.5) is 0 Å². The number of carbonyl (C=O) groups excluding carboxylic acids is 1. The zero-order chi connectivity index (χ0) is 11.0. The first-order valence-corrected chi connectivity index (χ1v) is 4.44. The molecule has 0 aliphatic heterocycles. The van der Waals surface area contributed by atoms with Gasteiger partial charge in [-0.1, -0.05) is 0 Å². The number of esters is 1. The fourth-order valence-corrected chi connectivity index (χ4v) is 1.05. The van der Waals surface area contributed by atoms with E-state index in [-0.39, 0.29) is 18.0 Å². The highest BCUT2D eigenvalue weighted by Crippen LogP contribution is 1.97. The van der Waals surface area contributed by atoms with Crippen molar-refractivity contribution < 1.29 is 9.53 Å². The first-order chi connectivity index (χ1) is 6.61. The van der Waals surface area contributed by atoms with Crippen LogP contribution in [-0.4, -0.2) is 38.7 Å². The van der Waals surface area contributed by atoms with Gasteiger partial charge in [-0.3, -0.25) is 10.2 Å². The third-order valence-corrected chi connectivity index (χ3v) is 1.82. The highest BCUT2D eigenvalue weighted by molar-refractivity contribution is 5.75. The van der Waals surface area contributed by atoms with Crippen LogP contribution in [0.15, 0.2) is 0 Å². The first-order valence-electron chi connectivity index (χ1n) is 4.44. The average molecular weight is 202 g/mol. The monoisotopic (exact) mass is 202 g/mol. The maximum atomic E-state index is 11.1. The van der Waals surface area contributed by atoms with Crippen molar-refractivity contribution in [3.63, 3.8) is 0 Å². The topological polar surface area (TPSA) is 100 Å². The Kier molecular flexibility index (Phi) is 6.47. The van der Waals surface area contributed by atoms with Crippen LogP contribution in [0.25, 0.3) is 0 Å². The summed E-state index contributed by atoms with van der Waals surface area (Å²) in [7, 11) is 3.07. The fourth-order valence-electron chi connectivity index (χ4n) is 1.05. The van der Waals surface area contributed by atoms with Crippen LogP contribution in [0.3, 0.4) is 0 Å².